The summed E-state index contributed by atoms with van der Waals surface area (Å²) >= 11 is 0. The molecule has 66 heavy (non-hydrogen) atoms. The van der Waals surface area contributed by atoms with E-state index < -0.39 is 47.2 Å². The number of hydrazine groups is 1. The minimum absolute atomic E-state index is 0.00849. The van der Waals surface area contributed by atoms with Gasteiger partial charge in [0.2, 0.25) is 17.7 Å². The topological polar surface area (TPSA) is 157 Å². The van der Waals surface area contributed by atoms with Gasteiger partial charge in [0.25, 0.3) is 5.91 Å². The number of likely N-dealkylation sites (tertiary alicyclic amines) is 1. The summed E-state index contributed by atoms with van der Waals surface area (Å²) in [5.74, 6) is -2.76. The molecular weight excluding hydrogens is 835 g/mol. The summed E-state index contributed by atoms with van der Waals surface area (Å²) in [6.45, 7) is 17.3. The maximum Gasteiger partial charge on any atom is 0.324 e. The number of phenolic OH excluding ortho intramolecular Hbond substituents is 1. The second-order valence-corrected chi connectivity index (χ2v) is 20.0. The van der Waals surface area contributed by atoms with E-state index in [-0.39, 0.29) is 43.1 Å². The number of benzene rings is 3. The van der Waals surface area contributed by atoms with Crippen molar-refractivity contribution in [2.75, 3.05) is 40.3 Å². The number of cyclic esters (lactones) is 1. The number of carbonyl (C=O) groups is 5. The third-order valence-corrected chi connectivity index (χ3v) is 13.9. The smallest absolute Gasteiger partial charge is 0.324 e. The van der Waals surface area contributed by atoms with Crippen molar-refractivity contribution in [2.24, 2.45) is 17.3 Å². The molecule has 1 unspecified atom stereocenters. The Balaban J connectivity index is 1.18. The second-order valence-electron chi connectivity index (χ2n) is 20.0. The number of aromatic nitrogens is 1. The van der Waals surface area contributed by atoms with Gasteiger partial charge in [-0.15, -0.1) is 0 Å². The van der Waals surface area contributed by atoms with E-state index in [0.717, 1.165) is 58.5 Å². The summed E-state index contributed by atoms with van der Waals surface area (Å²) in [6.07, 6.45) is 3.30. The van der Waals surface area contributed by atoms with Gasteiger partial charge in [-0.25, -0.2) is 5.43 Å². The molecule has 8 rings (SSSR count). The zero-order valence-electron chi connectivity index (χ0n) is 39.5. The van der Waals surface area contributed by atoms with Crippen LogP contribution in [0.25, 0.3) is 33.3 Å². The normalized spacial score (nSPS) is 21.6. The van der Waals surface area contributed by atoms with Crippen LogP contribution in [-0.4, -0.2) is 117 Å². The predicted octanol–water partition coefficient (Wildman–Crippen LogP) is 5.81. The van der Waals surface area contributed by atoms with E-state index >= 15 is 0 Å². The van der Waals surface area contributed by atoms with E-state index in [2.05, 4.69) is 91.0 Å². The maximum absolute atomic E-state index is 14.7. The lowest BCUT2D eigenvalue weighted by atomic mass is 9.84. The van der Waals surface area contributed by atoms with Gasteiger partial charge in [-0.3, -0.25) is 33.9 Å². The summed E-state index contributed by atoms with van der Waals surface area (Å²) < 4.78 is 8.49. The Kier molecular flexibility index (Phi) is 13.2. The van der Waals surface area contributed by atoms with E-state index in [1.54, 1.807) is 24.1 Å². The number of ether oxygens (including phenoxy) is 1. The first-order valence-electron chi connectivity index (χ1n) is 23.5. The van der Waals surface area contributed by atoms with Crippen LogP contribution in [-0.2, 0) is 61.2 Å². The van der Waals surface area contributed by atoms with Gasteiger partial charge in [0.1, 0.15) is 23.9 Å². The molecule has 14 heteroatoms. The number of phenols is 1. The zero-order chi connectivity index (χ0) is 47.2. The lowest BCUT2D eigenvalue weighted by molar-refractivity contribution is -0.155. The fourth-order valence-corrected chi connectivity index (χ4v) is 10.6. The number of hydrogen-bond donors (Lipinski definition) is 3. The molecule has 3 aromatic carbocycles. The number of rotatable bonds is 8. The van der Waals surface area contributed by atoms with Crippen LogP contribution in [0.3, 0.4) is 0 Å². The minimum atomic E-state index is -1.15. The summed E-state index contributed by atoms with van der Waals surface area (Å²) in [6, 6.07) is 15.5. The Bertz CT molecular complexity index is 2580. The molecule has 4 amide bonds. The highest BCUT2D eigenvalue weighted by molar-refractivity contribution is 5.96. The number of esters is 1. The van der Waals surface area contributed by atoms with Gasteiger partial charge in [-0.2, -0.15) is 0 Å². The number of aromatic hydroxyl groups is 1. The van der Waals surface area contributed by atoms with Gasteiger partial charge in [0, 0.05) is 69.1 Å². The van der Waals surface area contributed by atoms with Gasteiger partial charge in [-0.05, 0) is 121 Å². The highest BCUT2D eigenvalue weighted by Crippen LogP contribution is 2.41. The second kappa shape index (κ2) is 18.7. The van der Waals surface area contributed by atoms with E-state index in [0.29, 0.717) is 44.3 Å². The van der Waals surface area contributed by atoms with E-state index in [1.807, 2.05) is 19.9 Å². The number of fused-ring (bicyclic) bond motifs is 7. The Morgan fingerprint density at radius 3 is 2.50 bits per heavy atom. The molecule has 4 aliphatic rings. The number of nitrogens with one attached hydrogen (secondary N) is 2. The molecule has 4 atom stereocenters. The highest BCUT2D eigenvalue weighted by atomic mass is 16.5. The van der Waals surface area contributed by atoms with Crippen molar-refractivity contribution in [3.63, 3.8) is 0 Å². The first-order chi connectivity index (χ1) is 31.4. The highest BCUT2D eigenvalue weighted by Gasteiger charge is 2.40. The number of carbonyl (C=O) groups excluding carboxylic acids is 5. The average Bonchev–Trinajstić information content (AvgIpc) is 4.01. The molecule has 350 valence electrons. The monoisotopic (exact) mass is 899 g/mol. The fourth-order valence-electron chi connectivity index (χ4n) is 10.6. The molecule has 3 N–H and O–H groups in total. The number of likely N-dealkylation sites (N-methyl/N-ethyl adjacent to an activating group) is 1. The number of nitrogens with zero attached hydrogens (tertiary/aromatic N) is 5. The Labute approximate surface area is 387 Å². The molecule has 0 spiro atoms. The number of aryl methyl sites for hydroxylation is 1. The van der Waals surface area contributed by atoms with Crippen LogP contribution in [0.4, 0.5) is 0 Å². The first-order valence-corrected chi connectivity index (χ1v) is 23.5. The fraction of sp³-hybridized carbons (Fsp3) is 0.481. The standard InChI is InChI=1S/C52H65N7O7/c1-9-45(61)57-19-17-36(29-57)49(63)56(8)46(31(3)4)48(62)53-43-22-32-20-37(24-39(60)21-32)33-15-16-44-40(25-33)41(47(58(44)10-2)34-13-14-35-27-55(7)28-38(35)23-34)26-52(5,6)30-66-51(65)42-12-11-18-59(54-42)50(43)64/h9,13-16,20-21,23-25,31,36,42-43,46,54,60H,1,10-12,17-19,22,26-30H2,2-8H3,(H,53,62)/t36-,42-,43-,46?/m0/s1. The Morgan fingerprint density at radius 1 is 1.00 bits per heavy atom. The lowest BCUT2D eigenvalue weighted by Gasteiger charge is -2.37. The molecule has 4 aromatic rings. The number of amides is 4. The van der Waals surface area contributed by atoms with E-state index in [1.165, 1.54) is 27.1 Å². The Hall–Kier alpha value is -5.99. The lowest BCUT2D eigenvalue weighted by Crippen LogP contribution is -2.62. The summed E-state index contributed by atoms with van der Waals surface area (Å²) in [4.78, 5) is 74.7. The van der Waals surface area contributed by atoms with Crippen molar-refractivity contribution in [1.29, 1.82) is 0 Å². The molecule has 2 saturated heterocycles. The average molecular weight is 900 g/mol. The van der Waals surface area contributed by atoms with Gasteiger partial charge in [0.15, 0.2) is 0 Å². The van der Waals surface area contributed by atoms with Gasteiger partial charge in [0.05, 0.1) is 18.2 Å². The largest absolute Gasteiger partial charge is 0.508 e. The van der Waals surface area contributed by atoms with Gasteiger partial charge >= 0.3 is 5.97 Å². The van der Waals surface area contributed by atoms with Crippen molar-refractivity contribution >= 4 is 40.5 Å². The summed E-state index contributed by atoms with van der Waals surface area (Å²) in [5, 5.41) is 16.8. The van der Waals surface area contributed by atoms with Crippen molar-refractivity contribution < 1.29 is 33.8 Å². The molecule has 6 bridgehead atoms. The molecule has 4 aliphatic heterocycles. The maximum atomic E-state index is 14.7. The third kappa shape index (κ3) is 9.35. The van der Waals surface area contributed by atoms with Crippen LogP contribution in [0, 0.1) is 17.3 Å². The Morgan fingerprint density at radius 2 is 1.76 bits per heavy atom. The van der Waals surface area contributed by atoms with E-state index in [9.17, 15) is 29.1 Å². The molecule has 1 aromatic heterocycles. The minimum Gasteiger partial charge on any atom is -0.508 e. The van der Waals surface area contributed by atoms with Crippen molar-refractivity contribution in [3.05, 3.63) is 89.5 Å². The first kappa shape index (κ1) is 46.5. The van der Waals surface area contributed by atoms with Crippen LogP contribution in [0.15, 0.2) is 67.3 Å². The summed E-state index contributed by atoms with van der Waals surface area (Å²) in [5.41, 5.74) is 12.0. The van der Waals surface area contributed by atoms with Crippen LogP contribution in [0.2, 0.25) is 0 Å². The van der Waals surface area contributed by atoms with Crippen LogP contribution in [0.1, 0.15) is 76.1 Å². The molecular formula is C52H65N7O7. The predicted molar refractivity (Wildman–Crippen MR) is 254 cm³/mol. The summed E-state index contributed by atoms with van der Waals surface area (Å²) in [7, 11) is 3.73. The van der Waals surface area contributed by atoms with Crippen LogP contribution in [0.5, 0.6) is 5.75 Å². The number of hydrogen-bond acceptors (Lipinski definition) is 9. The molecule has 14 nitrogen and oxygen atoms in total. The molecule has 2 fully saturated rings. The van der Waals surface area contributed by atoms with E-state index in [4.69, 9.17) is 4.74 Å². The van der Waals surface area contributed by atoms with Gasteiger partial charge < -0.3 is 29.5 Å². The van der Waals surface area contributed by atoms with Crippen molar-refractivity contribution in [1.82, 2.24) is 35.0 Å². The molecule has 5 heterocycles. The molecule has 0 radical (unpaired) electrons. The third-order valence-electron chi connectivity index (χ3n) is 13.9. The van der Waals surface area contributed by atoms with Crippen molar-refractivity contribution in [2.45, 2.75) is 104 Å². The van der Waals surface area contributed by atoms with Crippen molar-refractivity contribution in [3.8, 4) is 28.1 Å². The van der Waals surface area contributed by atoms with Gasteiger partial charge in [-0.1, -0.05) is 58.5 Å². The molecule has 0 aliphatic carbocycles. The SMILES string of the molecule is C=CC(=O)N1CC[C@H](C(=O)N(C)C(C(=O)N[C@H]2Cc3cc(O)cc(c3)-c3ccc4c(c3)c(c(-c3ccc5c(c3)CN(C)C5)n4CC)CC(C)(C)COC(=O)[C@@H]3CCCN(N3)C2=O)C(C)C)C1. The quantitative estimate of drug-likeness (QED) is 0.147. The molecule has 0 saturated carbocycles. The van der Waals surface area contributed by atoms with Crippen LogP contribution < -0.4 is 10.7 Å². The zero-order valence-corrected chi connectivity index (χ0v) is 39.5. The van der Waals surface area contributed by atoms with Crippen LogP contribution >= 0.6 is 0 Å².